The van der Waals surface area contributed by atoms with Crippen LogP contribution in [-0.2, 0) is 10.0 Å². The number of hydrogen-bond donors (Lipinski definition) is 0. The molecule has 4 aromatic rings. The Kier molecular flexibility index (Phi) is 4.64. The van der Waals surface area contributed by atoms with Gasteiger partial charge in [0.05, 0.1) is 4.90 Å². The van der Waals surface area contributed by atoms with Gasteiger partial charge in [-0.15, -0.1) is 0 Å². The van der Waals surface area contributed by atoms with Crippen LogP contribution in [0, 0.1) is 6.92 Å². The van der Waals surface area contributed by atoms with Gasteiger partial charge in [-0.05, 0) is 48.2 Å². The van der Waals surface area contributed by atoms with Crippen molar-refractivity contribution in [1.82, 2.24) is 14.4 Å². The lowest BCUT2D eigenvalue weighted by Crippen LogP contribution is -2.30. The predicted molar refractivity (Wildman–Crippen MR) is 114 cm³/mol. The number of fused-ring (bicyclic) bond motifs is 1. The monoisotopic (exact) mass is 419 g/mol. The first-order valence-electron chi connectivity index (χ1n) is 9.94. The van der Waals surface area contributed by atoms with E-state index in [1.165, 1.54) is 4.31 Å². The summed E-state index contributed by atoms with van der Waals surface area (Å²) < 4.78 is 33.9. The summed E-state index contributed by atoms with van der Waals surface area (Å²) in [5.41, 5.74) is 1.92. The van der Waals surface area contributed by atoms with Crippen molar-refractivity contribution in [2.24, 2.45) is 0 Å². The highest BCUT2D eigenvalue weighted by atomic mass is 32.2. The van der Waals surface area contributed by atoms with Crippen molar-refractivity contribution in [1.29, 1.82) is 0 Å². The second-order valence-corrected chi connectivity index (χ2v) is 9.44. The Morgan fingerprint density at radius 3 is 2.60 bits per heavy atom. The molecule has 0 unspecified atom stereocenters. The minimum absolute atomic E-state index is 0.284. The van der Waals surface area contributed by atoms with Crippen molar-refractivity contribution in [2.75, 3.05) is 6.54 Å². The highest BCUT2D eigenvalue weighted by Gasteiger charge is 2.39. The summed E-state index contributed by atoms with van der Waals surface area (Å²) >= 11 is 0. The molecule has 1 aliphatic heterocycles. The molecule has 0 N–H and O–H groups in total. The molecule has 0 saturated carbocycles. The molecule has 2 heterocycles. The molecule has 1 aromatic heterocycles. The van der Waals surface area contributed by atoms with Gasteiger partial charge >= 0.3 is 0 Å². The maximum absolute atomic E-state index is 13.4. The SMILES string of the molecule is Cc1ccccc1-c1noc([C@@H]2CCCN2S(=O)(=O)c2ccc3ccccc3c2)n1. The molecule has 152 valence electrons. The quantitative estimate of drug-likeness (QED) is 0.478. The number of nitrogens with zero attached hydrogens (tertiary/aromatic N) is 3. The van der Waals surface area contributed by atoms with E-state index in [4.69, 9.17) is 4.52 Å². The largest absolute Gasteiger partial charge is 0.337 e. The van der Waals surface area contributed by atoms with Crippen LogP contribution in [0.25, 0.3) is 22.2 Å². The minimum Gasteiger partial charge on any atom is -0.337 e. The normalized spacial score (nSPS) is 17.6. The van der Waals surface area contributed by atoms with Crippen LogP contribution in [0.5, 0.6) is 0 Å². The summed E-state index contributed by atoms with van der Waals surface area (Å²) in [7, 11) is -3.69. The van der Waals surface area contributed by atoms with Crippen molar-refractivity contribution in [3.8, 4) is 11.4 Å². The van der Waals surface area contributed by atoms with E-state index in [0.717, 1.165) is 28.3 Å². The molecule has 0 aliphatic carbocycles. The molecule has 0 bridgehead atoms. The fraction of sp³-hybridized carbons (Fsp3) is 0.217. The van der Waals surface area contributed by atoms with Crippen molar-refractivity contribution in [3.63, 3.8) is 0 Å². The number of aryl methyl sites for hydroxylation is 1. The van der Waals surface area contributed by atoms with Gasteiger partial charge in [-0.3, -0.25) is 0 Å². The van der Waals surface area contributed by atoms with Crippen molar-refractivity contribution in [3.05, 3.63) is 78.2 Å². The Morgan fingerprint density at radius 1 is 1.00 bits per heavy atom. The van der Waals surface area contributed by atoms with E-state index in [1.54, 1.807) is 12.1 Å². The third-order valence-electron chi connectivity index (χ3n) is 5.64. The third kappa shape index (κ3) is 3.20. The molecule has 1 aliphatic rings. The highest BCUT2D eigenvalue weighted by molar-refractivity contribution is 7.89. The van der Waals surface area contributed by atoms with Crippen LogP contribution in [-0.4, -0.2) is 29.4 Å². The van der Waals surface area contributed by atoms with Gasteiger partial charge in [0.25, 0.3) is 0 Å². The minimum atomic E-state index is -3.69. The molecule has 1 saturated heterocycles. The number of rotatable bonds is 4. The average Bonchev–Trinajstić information content (AvgIpc) is 3.43. The number of benzene rings is 3. The Balaban J connectivity index is 1.49. The summed E-state index contributed by atoms with van der Waals surface area (Å²) in [4.78, 5) is 4.83. The average molecular weight is 420 g/mol. The van der Waals surface area contributed by atoms with Crippen LogP contribution in [0.1, 0.15) is 30.3 Å². The molecular weight excluding hydrogens is 398 g/mol. The van der Waals surface area contributed by atoms with Gasteiger partial charge in [0.15, 0.2) is 0 Å². The molecule has 6 nitrogen and oxygen atoms in total. The van der Waals surface area contributed by atoms with Gasteiger partial charge in [0, 0.05) is 12.1 Å². The van der Waals surface area contributed by atoms with Gasteiger partial charge in [-0.25, -0.2) is 8.42 Å². The number of aromatic nitrogens is 2. The van der Waals surface area contributed by atoms with E-state index in [1.807, 2.05) is 61.5 Å². The summed E-state index contributed by atoms with van der Waals surface area (Å²) in [6, 6.07) is 20.3. The standard InChI is InChI=1S/C23H21N3O3S/c1-16-7-2-5-10-20(16)22-24-23(29-25-22)21-11-6-14-26(21)30(27,28)19-13-12-17-8-3-4-9-18(17)15-19/h2-5,7-10,12-13,15,21H,6,11,14H2,1H3/t21-/m0/s1. The lowest BCUT2D eigenvalue weighted by atomic mass is 10.1. The van der Waals surface area contributed by atoms with Crippen LogP contribution in [0.2, 0.25) is 0 Å². The molecule has 7 heteroatoms. The number of sulfonamides is 1. The summed E-state index contributed by atoms with van der Waals surface area (Å²) in [5, 5.41) is 6.02. The van der Waals surface area contributed by atoms with Crippen LogP contribution in [0.3, 0.4) is 0 Å². The van der Waals surface area contributed by atoms with Gasteiger partial charge < -0.3 is 4.52 Å². The molecule has 30 heavy (non-hydrogen) atoms. The maximum Gasteiger partial charge on any atom is 0.245 e. The zero-order chi connectivity index (χ0) is 20.7. The van der Waals surface area contributed by atoms with E-state index in [2.05, 4.69) is 10.1 Å². The smallest absolute Gasteiger partial charge is 0.245 e. The van der Waals surface area contributed by atoms with Gasteiger partial charge in [-0.1, -0.05) is 59.8 Å². The van der Waals surface area contributed by atoms with Gasteiger partial charge in [0.2, 0.25) is 21.7 Å². The zero-order valence-electron chi connectivity index (χ0n) is 16.5. The maximum atomic E-state index is 13.4. The number of hydrogen-bond acceptors (Lipinski definition) is 5. The van der Waals surface area contributed by atoms with Crippen molar-refractivity contribution < 1.29 is 12.9 Å². The Labute approximate surface area is 175 Å². The fourth-order valence-electron chi connectivity index (χ4n) is 4.04. The van der Waals surface area contributed by atoms with Crippen LogP contribution in [0.15, 0.2) is 76.1 Å². The first-order valence-corrected chi connectivity index (χ1v) is 11.4. The molecule has 3 aromatic carbocycles. The molecule has 0 radical (unpaired) electrons. The van der Waals surface area contributed by atoms with Crippen LogP contribution in [0.4, 0.5) is 0 Å². The summed E-state index contributed by atoms with van der Waals surface area (Å²) in [6.07, 6.45) is 1.40. The summed E-state index contributed by atoms with van der Waals surface area (Å²) in [5.74, 6) is 0.827. The van der Waals surface area contributed by atoms with E-state index in [-0.39, 0.29) is 4.90 Å². The van der Waals surface area contributed by atoms with Crippen LogP contribution >= 0.6 is 0 Å². The van der Waals surface area contributed by atoms with Gasteiger partial charge in [-0.2, -0.15) is 9.29 Å². The second-order valence-electron chi connectivity index (χ2n) is 7.55. The fourth-order valence-corrected chi connectivity index (χ4v) is 5.73. The molecular formula is C23H21N3O3S. The molecule has 1 fully saturated rings. The Morgan fingerprint density at radius 2 is 1.77 bits per heavy atom. The first kappa shape index (κ1) is 19.0. The Bertz CT molecular complexity index is 1330. The lowest BCUT2D eigenvalue weighted by Gasteiger charge is -2.21. The van der Waals surface area contributed by atoms with Crippen molar-refractivity contribution in [2.45, 2.75) is 30.7 Å². The second kappa shape index (κ2) is 7.34. The third-order valence-corrected chi connectivity index (χ3v) is 7.55. The molecule has 5 rings (SSSR count). The first-order chi connectivity index (χ1) is 14.5. The molecule has 0 amide bonds. The molecule has 1 atom stereocenters. The summed E-state index contributed by atoms with van der Waals surface area (Å²) in [6.45, 7) is 2.42. The van der Waals surface area contributed by atoms with E-state index < -0.39 is 16.1 Å². The topological polar surface area (TPSA) is 76.3 Å². The predicted octanol–water partition coefficient (Wildman–Crippen LogP) is 4.72. The van der Waals surface area contributed by atoms with E-state index >= 15 is 0 Å². The van der Waals surface area contributed by atoms with E-state index in [9.17, 15) is 8.42 Å². The Hall–Kier alpha value is -3.03. The highest BCUT2D eigenvalue weighted by Crippen LogP contribution is 2.37. The van der Waals surface area contributed by atoms with E-state index in [0.29, 0.717) is 24.7 Å². The van der Waals surface area contributed by atoms with Crippen molar-refractivity contribution >= 4 is 20.8 Å². The van der Waals surface area contributed by atoms with Gasteiger partial charge in [0.1, 0.15) is 6.04 Å². The molecule has 0 spiro atoms. The zero-order valence-corrected chi connectivity index (χ0v) is 17.3. The van der Waals surface area contributed by atoms with Crippen LogP contribution < -0.4 is 0 Å². The lowest BCUT2D eigenvalue weighted by molar-refractivity contribution is 0.290.